The Morgan fingerprint density at radius 1 is 1.22 bits per heavy atom. The Morgan fingerprint density at radius 2 is 1.83 bits per heavy atom. The topological polar surface area (TPSA) is 26.0 Å². The molecule has 0 radical (unpaired) electrons. The zero-order chi connectivity index (χ0) is 13.9. The summed E-state index contributed by atoms with van der Waals surface area (Å²) in [7, 11) is 0. The highest BCUT2D eigenvalue weighted by Crippen LogP contribution is 2.38. The highest BCUT2D eigenvalue weighted by atomic mass is 32.2. The summed E-state index contributed by atoms with van der Waals surface area (Å²) in [5.41, 5.74) is 6.14. The van der Waals surface area contributed by atoms with Crippen molar-refractivity contribution in [3.63, 3.8) is 0 Å². The normalized spacial score (nSPS) is 15.5. The number of hydrogen-bond acceptors (Lipinski definition) is 2. The Kier molecular flexibility index (Phi) is 5.17. The fraction of sp³-hybridized carbons (Fsp3) is 0.571. The first-order chi connectivity index (χ1) is 8.25. The standard InChI is InChI=1S/C14H21F2NS/c1-5-12(17)13(14(2,3)4)18-9-6-7-10(15)11(16)8-9/h6-8,12-13H,5,17H2,1-4H3. The number of hydrogen-bond donors (Lipinski definition) is 1. The molecule has 18 heavy (non-hydrogen) atoms. The van der Waals surface area contributed by atoms with Crippen LogP contribution in [0.4, 0.5) is 8.78 Å². The minimum Gasteiger partial charge on any atom is -0.327 e. The average Bonchev–Trinajstić information content (AvgIpc) is 2.28. The van der Waals surface area contributed by atoms with Gasteiger partial charge in [0.25, 0.3) is 0 Å². The van der Waals surface area contributed by atoms with Crippen LogP contribution in [0.25, 0.3) is 0 Å². The molecule has 1 rings (SSSR count). The molecular formula is C14H21F2NS. The third-order valence-corrected chi connectivity index (χ3v) is 4.70. The highest BCUT2D eigenvalue weighted by Gasteiger charge is 2.30. The molecule has 0 aliphatic carbocycles. The van der Waals surface area contributed by atoms with Gasteiger partial charge in [-0.1, -0.05) is 27.7 Å². The van der Waals surface area contributed by atoms with E-state index in [1.54, 1.807) is 6.07 Å². The molecule has 0 bridgehead atoms. The minimum absolute atomic E-state index is 0.00492. The molecule has 0 saturated carbocycles. The lowest BCUT2D eigenvalue weighted by molar-refractivity contribution is 0.350. The van der Waals surface area contributed by atoms with Crippen LogP contribution in [0.3, 0.4) is 0 Å². The maximum atomic E-state index is 13.2. The van der Waals surface area contributed by atoms with E-state index in [2.05, 4.69) is 20.8 Å². The van der Waals surface area contributed by atoms with E-state index in [0.29, 0.717) is 0 Å². The van der Waals surface area contributed by atoms with Gasteiger partial charge in [0.1, 0.15) is 0 Å². The van der Waals surface area contributed by atoms with Gasteiger partial charge in [-0.25, -0.2) is 8.78 Å². The molecule has 0 heterocycles. The molecule has 0 aromatic heterocycles. The van der Waals surface area contributed by atoms with Crippen LogP contribution in [-0.4, -0.2) is 11.3 Å². The van der Waals surface area contributed by atoms with Gasteiger partial charge in [-0.2, -0.15) is 0 Å². The second-order valence-electron chi connectivity index (χ2n) is 5.55. The summed E-state index contributed by atoms with van der Waals surface area (Å²) >= 11 is 1.52. The molecule has 0 aliphatic rings. The lowest BCUT2D eigenvalue weighted by Gasteiger charge is -2.34. The SMILES string of the molecule is CCC(N)C(Sc1ccc(F)c(F)c1)C(C)(C)C. The highest BCUT2D eigenvalue weighted by molar-refractivity contribution is 8.00. The van der Waals surface area contributed by atoms with Crippen LogP contribution in [0.5, 0.6) is 0 Å². The maximum absolute atomic E-state index is 13.2. The first-order valence-electron chi connectivity index (χ1n) is 6.13. The molecule has 0 amide bonds. The van der Waals surface area contributed by atoms with Gasteiger partial charge >= 0.3 is 0 Å². The molecule has 0 saturated heterocycles. The fourth-order valence-corrected chi connectivity index (χ4v) is 3.15. The lowest BCUT2D eigenvalue weighted by Crippen LogP contribution is -2.40. The smallest absolute Gasteiger partial charge is 0.159 e. The lowest BCUT2D eigenvalue weighted by atomic mass is 9.87. The van der Waals surface area contributed by atoms with Crippen molar-refractivity contribution in [2.75, 3.05) is 0 Å². The van der Waals surface area contributed by atoms with Crippen molar-refractivity contribution in [1.82, 2.24) is 0 Å². The molecule has 4 heteroatoms. The summed E-state index contributed by atoms with van der Waals surface area (Å²) < 4.78 is 26.1. The number of rotatable bonds is 4. The Bertz CT molecular complexity index is 401. The van der Waals surface area contributed by atoms with Crippen molar-refractivity contribution in [2.24, 2.45) is 11.1 Å². The van der Waals surface area contributed by atoms with Crippen LogP contribution in [0.1, 0.15) is 34.1 Å². The molecule has 1 aromatic rings. The van der Waals surface area contributed by atoms with E-state index in [0.717, 1.165) is 17.4 Å². The van der Waals surface area contributed by atoms with Crippen LogP contribution in [0.15, 0.2) is 23.1 Å². The third kappa shape index (κ3) is 3.95. The zero-order valence-corrected chi connectivity index (χ0v) is 12.2. The fourth-order valence-electron chi connectivity index (χ4n) is 1.82. The summed E-state index contributed by atoms with van der Waals surface area (Å²) in [6.45, 7) is 8.37. The summed E-state index contributed by atoms with van der Waals surface area (Å²) in [6, 6.07) is 4.03. The van der Waals surface area contributed by atoms with Crippen LogP contribution in [-0.2, 0) is 0 Å². The van der Waals surface area contributed by atoms with E-state index in [9.17, 15) is 8.78 Å². The number of nitrogens with two attached hydrogens (primary N) is 1. The van der Waals surface area contributed by atoms with Crippen LogP contribution >= 0.6 is 11.8 Å². The summed E-state index contributed by atoms with van der Waals surface area (Å²) in [6.07, 6.45) is 0.860. The monoisotopic (exact) mass is 273 g/mol. The zero-order valence-electron chi connectivity index (χ0n) is 11.3. The van der Waals surface area contributed by atoms with Crippen LogP contribution in [0, 0.1) is 17.0 Å². The summed E-state index contributed by atoms with van der Waals surface area (Å²) in [4.78, 5) is 0.720. The Hall–Kier alpha value is -0.610. The molecule has 1 aromatic carbocycles. The first kappa shape index (κ1) is 15.4. The second kappa shape index (κ2) is 6.02. The van der Waals surface area contributed by atoms with Gasteiger partial charge in [-0.05, 0) is 30.0 Å². The van der Waals surface area contributed by atoms with Crippen LogP contribution in [0.2, 0.25) is 0 Å². The Labute approximate surface area is 112 Å². The third-order valence-electron chi connectivity index (χ3n) is 2.87. The van der Waals surface area contributed by atoms with Crippen molar-refractivity contribution < 1.29 is 8.78 Å². The molecule has 1 nitrogen and oxygen atoms in total. The van der Waals surface area contributed by atoms with Crippen molar-refractivity contribution in [2.45, 2.75) is 50.3 Å². The molecule has 2 unspecified atom stereocenters. The molecule has 0 fully saturated rings. The van der Waals surface area contributed by atoms with Crippen molar-refractivity contribution >= 4 is 11.8 Å². The molecule has 2 atom stereocenters. The van der Waals surface area contributed by atoms with E-state index < -0.39 is 11.6 Å². The summed E-state index contributed by atoms with van der Waals surface area (Å²) in [5, 5.41) is 0.160. The predicted molar refractivity (Wildman–Crippen MR) is 73.7 cm³/mol. The molecule has 0 aliphatic heterocycles. The van der Waals surface area contributed by atoms with Crippen LogP contribution < -0.4 is 5.73 Å². The minimum atomic E-state index is -0.813. The van der Waals surface area contributed by atoms with Gasteiger partial charge in [-0.3, -0.25) is 0 Å². The van der Waals surface area contributed by atoms with E-state index in [1.807, 2.05) is 6.92 Å². The van der Waals surface area contributed by atoms with E-state index in [-0.39, 0.29) is 16.7 Å². The second-order valence-corrected chi connectivity index (χ2v) is 6.77. The molecular weight excluding hydrogens is 252 g/mol. The molecule has 2 N–H and O–H groups in total. The van der Waals surface area contributed by atoms with Crippen molar-refractivity contribution in [3.8, 4) is 0 Å². The first-order valence-corrected chi connectivity index (χ1v) is 7.01. The van der Waals surface area contributed by atoms with Crippen molar-refractivity contribution in [1.29, 1.82) is 0 Å². The number of thioether (sulfide) groups is 1. The number of benzene rings is 1. The quantitative estimate of drug-likeness (QED) is 0.832. The van der Waals surface area contributed by atoms with E-state index in [4.69, 9.17) is 5.73 Å². The van der Waals surface area contributed by atoms with Gasteiger partial charge < -0.3 is 5.73 Å². The van der Waals surface area contributed by atoms with Gasteiger partial charge in [0, 0.05) is 16.2 Å². The van der Waals surface area contributed by atoms with Crippen molar-refractivity contribution in [3.05, 3.63) is 29.8 Å². The maximum Gasteiger partial charge on any atom is 0.159 e. The van der Waals surface area contributed by atoms with Gasteiger partial charge in [0.05, 0.1) is 0 Å². The van der Waals surface area contributed by atoms with Gasteiger partial charge in [-0.15, -0.1) is 11.8 Å². The van der Waals surface area contributed by atoms with Gasteiger partial charge in [0.2, 0.25) is 0 Å². The predicted octanol–water partition coefficient (Wildman–Crippen LogP) is 4.21. The Balaban J connectivity index is 2.93. The molecule has 0 spiro atoms. The van der Waals surface area contributed by atoms with E-state index >= 15 is 0 Å². The average molecular weight is 273 g/mol. The number of halogens is 2. The van der Waals surface area contributed by atoms with Gasteiger partial charge in [0.15, 0.2) is 11.6 Å². The summed E-state index contributed by atoms with van der Waals surface area (Å²) in [5.74, 6) is -1.62. The van der Waals surface area contributed by atoms with E-state index in [1.165, 1.54) is 17.8 Å². The largest absolute Gasteiger partial charge is 0.327 e. The molecule has 102 valence electrons. The Morgan fingerprint density at radius 3 is 2.28 bits per heavy atom.